The van der Waals surface area contributed by atoms with Gasteiger partial charge < -0.3 is 5.32 Å². The number of benzene rings is 2. The highest BCUT2D eigenvalue weighted by Gasteiger charge is 2.43. The molecule has 1 aromatic heterocycles. The summed E-state index contributed by atoms with van der Waals surface area (Å²) in [6, 6.07) is 12.9. The van der Waals surface area contributed by atoms with Gasteiger partial charge in [0.05, 0.1) is 10.2 Å². The molecular weight excluding hydrogens is 489 g/mol. The number of amides is 1. The van der Waals surface area contributed by atoms with E-state index in [9.17, 15) is 9.59 Å². The standard InChI is InChI=1S/C26H23Cl2N3O2S/c1-13-21(24(33)31-25-30-17-6-4-5-7-20(17)34-25)22(15-9-8-14(27)10-16(15)28)23-18(29-13)11-26(2,3)12-19(23)32/h4-10,22,29H,11-12H2,1-3H3,(H,30,31,33)/t22-/m0/s1. The molecule has 5 rings (SSSR count). The predicted octanol–water partition coefficient (Wildman–Crippen LogP) is 6.85. The Hall–Kier alpha value is -2.67. The highest BCUT2D eigenvalue weighted by molar-refractivity contribution is 7.22. The van der Waals surface area contributed by atoms with Crippen LogP contribution in [-0.4, -0.2) is 16.7 Å². The summed E-state index contributed by atoms with van der Waals surface area (Å²) in [6.07, 6.45) is 1.11. The fourth-order valence-corrected chi connectivity index (χ4v) is 6.25. The quantitative estimate of drug-likeness (QED) is 0.403. The second-order valence-electron chi connectivity index (χ2n) is 9.54. The van der Waals surface area contributed by atoms with E-state index in [0.717, 1.165) is 15.9 Å². The molecule has 0 fully saturated rings. The molecule has 0 bridgehead atoms. The second-order valence-corrected chi connectivity index (χ2v) is 11.4. The Labute approximate surface area is 211 Å². The molecule has 0 spiro atoms. The van der Waals surface area contributed by atoms with Crippen LogP contribution in [0.25, 0.3) is 10.2 Å². The Balaban J connectivity index is 1.60. The molecule has 2 aliphatic rings. The number of carbonyl (C=O) groups is 2. The van der Waals surface area contributed by atoms with Crippen LogP contribution in [0.3, 0.4) is 0 Å². The molecule has 2 N–H and O–H groups in total. The third-order valence-electron chi connectivity index (χ3n) is 6.27. The van der Waals surface area contributed by atoms with Gasteiger partial charge >= 0.3 is 0 Å². The molecule has 0 saturated carbocycles. The highest BCUT2D eigenvalue weighted by Crippen LogP contribution is 2.48. The Morgan fingerprint density at radius 3 is 2.68 bits per heavy atom. The van der Waals surface area contributed by atoms with E-state index in [1.165, 1.54) is 11.3 Å². The van der Waals surface area contributed by atoms with Crippen LogP contribution >= 0.6 is 34.5 Å². The minimum absolute atomic E-state index is 0.0209. The maximum Gasteiger partial charge on any atom is 0.256 e. The number of hydrogen-bond donors (Lipinski definition) is 2. The number of dihydropyridines is 1. The van der Waals surface area contributed by atoms with Gasteiger partial charge in [0.2, 0.25) is 0 Å². The summed E-state index contributed by atoms with van der Waals surface area (Å²) >= 11 is 14.2. The Kier molecular flexibility index (Phi) is 5.79. The summed E-state index contributed by atoms with van der Waals surface area (Å²) in [6.45, 7) is 6.02. The number of Topliss-reactive ketones (excluding diaryl/α,β-unsaturated/α-hetero) is 1. The lowest BCUT2D eigenvalue weighted by Gasteiger charge is -2.39. The smallest absolute Gasteiger partial charge is 0.256 e. The fraction of sp³-hybridized carbons (Fsp3) is 0.269. The number of aromatic nitrogens is 1. The van der Waals surface area contributed by atoms with Crippen molar-refractivity contribution in [3.63, 3.8) is 0 Å². The number of halogens is 2. The number of hydrogen-bond acceptors (Lipinski definition) is 5. The van der Waals surface area contributed by atoms with Crippen molar-refractivity contribution in [1.29, 1.82) is 0 Å². The van der Waals surface area contributed by atoms with E-state index in [-0.39, 0.29) is 17.1 Å². The van der Waals surface area contributed by atoms with Crippen molar-refractivity contribution in [2.24, 2.45) is 5.41 Å². The van der Waals surface area contributed by atoms with Crippen molar-refractivity contribution in [2.75, 3.05) is 5.32 Å². The molecule has 1 aliphatic heterocycles. The van der Waals surface area contributed by atoms with E-state index in [0.29, 0.717) is 50.4 Å². The number of para-hydroxylation sites is 1. The largest absolute Gasteiger partial charge is 0.362 e. The van der Waals surface area contributed by atoms with Gasteiger partial charge in [-0.05, 0) is 48.6 Å². The van der Waals surface area contributed by atoms with Crippen LogP contribution in [0.15, 0.2) is 65.0 Å². The normalized spacial score (nSPS) is 19.8. The van der Waals surface area contributed by atoms with Gasteiger partial charge in [0.1, 0.15) is 0 Å². The third-order valence-corrected chi connectivity index (χ3v) is 7.79. The minimum atomic E-state index is -0.598. The van der Waals surface area contributed by atoms with Gasteiger partial charge in [-0.3, -0.25) is 14.9 Å². The van der Waals surface area contributed by atoms with E-state index in [1.54, 1.807) is 18.2 Å². The van der Waals surface area contributed by atoms with Gasteiger partial charge in [0.25, 0.3) is 5.91 Å². The zero-order valence-corrected chi connectivity index (χ0v) is 21.3. The van der Waals surface area contributed by atoms with Crippen LogP contribution < -0.4 is 10.6 Å². The minimum Gasteiger partial charge on any atom is -0.362 e. The average molecular weight is 512 g/mol. The molecule has 2 heterocycles. The molecule has 0 unspecified atom stereocenters. The lowest BCUT2D eigenvalue weighted by molar-refractivity contribution is -0.118. The summed E-state index contributed by atoms with van der Waals surface area (Å²) in [5.74, 6) is -0.893. The van der Waals surface area contributed by atoms with Gasteiger partial charge in [-0.15, -0.1) is 0 Å². The highest BCUT2D eigenvalue weighted by atomic mass is 35.5. The van der Waals surface area contributed by atoms with Gasteiger partial charge in [0.15, 0.2) is 10.9 Å². The number of carbonyl (C=O) groups excluding carboxylic acids is 2. The number of rotatable bonds is 3. The number of fused-ring (bicyclic) bond motifs is 1. The van der Waals surface area contributed by atoms with Crippen LogP contribution in [0.2, 0.25) is 10.0 Å². The lowest BCUT2D eigenvalue weighted by atomic mass is 9.68. The molecule has 1 aliphatic carbocycles. The van der Waals surface area contributed by atoms with Crippen molar-refractivity contribution in [3.05, 3.63) is 80.6 Å². The molecule has 174 valence electrons. The van der Waals surface area contributed by atoms with Crippen LogP contribution in [0.1, 0.15) is 45.1 Å². The van der Waals surface area contributed by atoms with Crippen molar-refractivity contribution in [1.82, 2.24) is 10.3 Å². The first-order valence-electron chi connectivity index (χ1n) is 11.0. The first kappa shape index (κ1) is 23.1. The van der Waals surface area contributed by atoms with E-state index < -0.39 is 5.92 Å². The number of ketones is 1. The maximum absolute atomic E-state index is 13.7. The van der Waals surface area contributed by atoms with E-state index >= 15 is 0 Å². The second kappa shape index (κ2) is 8.52. The number of nitrogens with one attached hydrogen (secondary N) is 2. The monoisotopic (exact) mass is 511 g/mol. The summed E-state index contributed by atoms with van der Waals surface area (Å²) in [4.78, 5) is 31.6. The van der Waals surface area contributed by atoms with E-state index in [4.69, 9.17) is 23.2 Å². The summed E-state index contributed by atoms with van der Waals surface area (Å²) < 4.78 is 0.984. The lowest BCUT2D eigenvalue weighted by Crippen LogP contribution is -2.39. The summed E-state index contributed by atoms with van der Waals surface area (Å²) in [7, 11) is 0. The average Bonchev–Trinajstić information content (AvgIpc) is 3.14. The Morgan fingerprint density at radius 2 is 1.94 bits per heavy atom. The Bertz CT molecular complexity index is 1390. The molecule has 34 heavy (non-hydrogen) atoms. The van der Waals surface area contributed by atoms with Crippen LogP contribution in [0.5, 0.6) is 0 Å². The number of allylic oxidation sites excluding steroid dienone is 3. The summed E-state index contributed by atoms with van der Waals surface area (Å²) in [5, 5.41) is 7.74. The Morgan fingerprint density at radius 1 is 1.18 bits per heavy atom. The molecule has 3 aromatic rings. The van der Waals surface area contributed by atoms with Crippen LogP contribution in [0, 0.1) is 5.41 Å². The van der Waals surface area contributed by atoms with Crippen molar-refractivity contribution in [3.8, 4) is 0 Å². The maximum atomic E-state index is 13.7. The van der Waals surface area contributed by atoms with Crippen molar-refractivity contribution in [2.45, 2.75) is 39.5 Å². The molecule has 1 amide bonds. The predicted molar refractivity (Wildman–Crippen MR) is 138 cm³/mol. The summed E-state index contributed by atoms with van der Waals surface area (Å²) in [5.41, 5.74) is 3.94. The fourth-order valence-electron chi connectivity index (χ4n) is 4.87. The van der Waals surface area contributed by atoms with Gasteiger partial charge in [-0.1, -0.05) is 66.6 Å². The number of anilines is 1. The molecule has 0 saturated heterocycles. The molecule has 5 nitrogen and oxygen atoms in total. The molecule has 8 heteroatoms. The first-order valence-corrected chi connectivity index (χ1v) is 12.6. The number of nitrogens with zero attached hydrogens (tertiary/aromatic N) is 1. The zero-order chi connectivity index (χ0) is 24.2. The van der Waals surface area contributed by atoms with Gasteiger partial charge in [-0.2, -0.15) is 0 Å². The topological polar surface area (TPSA) is 71.1 Å². The van der Waals surface area contributed by atoms with Crippen molar-refractivity contribution < 1.29 is 9.59 Å². The first-order chi connectivity index (χ1) is 16.1. The molecule has 1 atom stereocenters. The van der Waals surface area contributed by atoms with Crippen LogP contribution in [0.4, 0.5) is 5.13 Å². The molecular formula is C26H23Cl2N3O2S. The number of thiazole rings is 1. The van der Waals surface area contributed by atoms with E-state index in [1.807, 2.05) is 31.2 Å². The van der Waals surface area contributed by atoms with Gasteiger partial charge in [0, 0.05) is 44.9 Å². The van der Waals surface area contributed by atoms with Crippen molar-refractivity contribution >= 4 is 61.6 Å². The third kappa shape index (κ3) is 4.15. The SMILES string of the molecule is CC1=C(C(=O)Nc2nc3ccccc3s2)[C@H](c2ccc(Cl)cc2Cl)C2=C(CC(C)(C)CC2=O)N1. The molecule has 0 radical (unpaired) electrons. The van der Waals surface area contributed by atoms with Crippen LogP contribution in [-0.2, 0) is 9.59 Å². The molecule has 2 aromatic carbocycles. The zero-order valence-electron chi connectivity index (χ0n) is 19.0. The van der Waals surface area contributed by atoms with E-state index in [2.05, 4.69) is 29.5 Å². The van der Waals surface area contributed by atoms with Gasteiger partial charge in [-0.25, -0.2) is 4.98 Å².